The van der Waals surface area contributed by atoms with Gasteiger partial charge in [-0.15, -0.1) is 0 Å². The van der Waals surface area contributed by atoms with E-state index >= 15 is 0 Å². The van der Waals surface area contributed by atoms with Crippen LogP contribution in [0.25, 0.3) is 11.0 Å². The standard InChI is InChI=1S/C23H37N5O/c1-16(2)20-14-18(19-15-24-28(17(3)4)21(19)25-20)22(29)27-12-10-26(11-13-27)9-8-23(5,6)7/h14-17H,8-13H2,1-7H3. The molecule has 1 saturated heterocycles. The average molecular weight is 400 g/mol. The summed E-state index contributed by atoms with van der Waals surface area (Å²) in [4.78, 5) is 22.7. The van der Waals surface area contributed by atoms with Crippen molar-refractivity contribution in [2.75, 3.05) is 32.7 Å². The molecule has 0 N–H and O–H groups in total. The molecule has 0 spiro atoms. The van der Waals surface area contributed by atoms with Gasteiger partial charge >= 0.3 is 0 Å². The number of hydrogen-bond acceptors (Lipinski definition) is 4. The monoisotopic (exact) mass is 399 g/mol. The van der Waals surface area contributed by atoms with Gasteiger partial charge in [0.1, 0.15) is 0 Å². The molecule has 2 aromatic heterocycles. The Kier molecular flexibility index (Phi) is 6.32. The number of carbonyl (C=O) groups excluding carboxylic acids is 1. The van der Waals surface area contributed by atoms with Gasteiger partial charge in [0, 0.05) is 37.9 Å². The van der Waals surface area contributed by atoms with Gasteiger partial charge in [-0.3, -0.25) is 9.69 Å². The Morgan fingerprint density at radius 2 is 1.76 bits per heavy atom. The Bertz CT molecular complexity index is 854. The fraction of sp³-hybridized carbons (Fsp3) is 0.696. The molecule has 29 heavy (non-hydrogen) atoms. The molecule has 1 aliphatic heterocycles. The molecule has 6 nitrogen and oxygen atoms in total. The second-order valence-electron chi connectivity index (χ2n) is 10.1. The van der Waals surface area contributed by atoms with E-state index in [-0.39, 0.29) is 17.9 Å². The number of hydrogen-bond donors (Lipinski definition) is 0. The molecule has 6 heteroatoms. The van der Waals surface area contributed by atoms with Crippen LogP contribution in [0.15, 0.2) is 12.3 Å². The van der Waals surface area contributed by atoms with Gasteiger partial charge in [-0.05, 0) is 44.2 Å². The van der Waals surface area contributed by atoms with Crippen LogP contribution in [-0.2, 0) is 0 Å². The number of aromatic nitrogens is 3. The Morgan fingerprint density at radius 1 is 1.10 bits per heavy atom. The third kappa shape index (κ3) is 4.97. The van der Waals surface area contributed by atoms with Crippen molar-refractivity contribution in [3.05, 3.63) is 23.5 Å². The van der Waals surface area contributed by atoms with Crippen molar-refractivity contribution >= 4 is 16.9 Å². The Hall–Kier alpha value is -1.95. The maximum Gasteiger partial charge on any atom is 0.254 e. The van der Waals surface area contributed by atoms with Crippen LogP contribution < -0.4 is 0 Å². The lowest BCUT2D eigenvalue weighted by Crippen LogP contribution is -2.49. The molecule has 0 bridgehead atoms. The topological polar surface area (TPSA) is 54.3 Å². The predicted octanol–water partition coefficient (Wildman–Crippen LogP) is 4.33. The minimum atomic E-state index is 0.109. The van der Waals surface area contributed by atoms with E-state index in [4.69, 9.17) is 4.98 Å². The zero-order valence-corrected chi connectivity index (χ0v) is 19.2. The Balaban J connectivity index is 1.81. The minimum absolute atomic E-state index is 0.109. The highest BCUT2D eigenvalue weighted by Crippen LogP contribution is 2.26. The molecule has 0 atom stereocenters. The molecule has 0 saturated carbocycles. The normalized spacial score (nSPS) is 16.4. The molecule has 1 aliphatic rings. The molecule has 3 heterocycles. The first-order chi connectivity index (χ1) is 13.6. The maximum absolute atomic E-state index is 13.4. The summed E-state index contributed by atoms with van der Waals surface area (Å²) in [7, 11) is 0. The third-order valence-electron chi connectivity index (χ3n) is 5.74. The van der Waals surface area contributed by atoms with Crippen molar-refractivity contribution in [1.29, 1.82) is 0 Å². The van der Waals surface area contributed by atoms with Gasteiger partial charge in [-0.1, -0.05) is 34.6 Å². The fourth-order valence-corrected chi connectivity index (χ4v) is 3.73. The number of pyridine rings is 1. The van der Waals surface area contributed by atoms with Crippen LogP contribution in [0.4, 0.5) is 0 Å². The van der Waals surface area contributed by atoms with Crippen molar-refractivity contribution in [1.82, 2.24) is 24.6 Å². The van der Waals surface area contributed by atoms with Gasteiger partial charge < -0.3 is 4.90 Å². The van der Waals surface area contributed by atoms with Crippen molar-refractivity contribution < 1.29 is 4.79 Å². The quantitative estimate of drug-likeness (QED) is 0.751. The van der Waals surface area contributed by atoms with E-state index in [2.05, 4.69) is 58.5 Å². The molecule has 0 radical (unpaired) electrons. The zero-order chi connectivity index (χ0) is 21.3. The van der Waals surface area contributed by atoms with E-state index < -0.39 is 0 Å². The molecule has 0 unspecified atom stereocenters. The van der Waals surface area contributed by atoms with Crippen LogP contribution in [0.3, 0.4) is 0 Å². The fourth-order valence-electron chi connectivity index (χ4n) is 3.73. The minimum Gasteiger partial charge on any atom is -0.336 e. The van der Waals surface area contributed by atoms with Gasteiger partial charge in [0.2, 0.25) is 0 Å². The highest BCUT2D eigenvalue weighted by molar-refractivity contribution is 6.05. The van der Waals surface area contributed by atoms with Crippen LogP contribution in [0, 0.1) is 5.41 Å². The van der Waals surface area contributed by atoms with Gasteiger partial charge in [-0.2, -0.15) is 5.10 Å². The summed E-state index contributed by atoms with van der Waals surface area (Å²) in [5, 5.41) is 5.38. The third-order valence-corrected chi connectivity index (χ3v) is 5.74. The van der Waals surface area contributed by atoms with E-state index in [1.54, 1.807) is 6.20 Å². The summed E-state index contributed by atoms with van der Waals surface area (Å²) in [6.45, 7) is 19.8. The first kappa shape index (κ1) is 21.8. The van der Waals surface area contributed by atoms with Gasteiger partial charge in [0.05, 0.1) is 17.1 Å². The highest BCUT2D eigenvalue weighted by Gasteiger charge is 2.26. The number of fused-ring (bicyclic) bond motifs is 1. The first-order valence-electron chi connectivity index (χ1n) is 11.0. The van der Waals surface area contributed by atoms with Crippen LogP contribution in [0.2, 0.25) is 0 Å². The van der Waals surface area contributed by atoms with Crippen molar-refractivity contribution in [3.8, 4) is 0 Å². The van der Waals surface area contributed by atoms with Crippen LogP contribution in [-0.4, -0.2) is 63.2 Å². The molecular weight excluding hydrogens is 362 g/mol. The number of piperazine rings is 1. The summed E-state index contributed by atoms with van der Waals surface area (Å²) in [6, 6.07) is 2.19. The smallest absolute Gasteiger partial charge is 0.254 e. The lowest BCUT2D eigenvalue weighted by atomic mass is 9.92. The predicted molar refractivity (Wildman–Crippen MR) is 118 cm³/mol. The van der Waals surface area contributed by atoms with E-state index in [1.165, 1.54) is 6.42 Å². The largest absolute Gasteiger partial charge is 0.336 e. The number of rotatable bonds is 5. The van der Waals surface area contributed by atoms with Crippen molar-refractivity contribution in [3.63, 3.8) is 0 Å². The molecule has 0 aliphatic carbocycles. The van der Waals surface area contributed by atoms with Gasteiger partial charge in [0.25, 0.3) is 5.91 Å². The maximum atomic E-state index is 13.4. The summed E-state index contributed by atoms with van der Waals surface area (Å²) >= 11 is 0. The first-order valence-corrected chi connectivity index (χ1v) is 11.0. The van der Waals surface area contributed by atoms with Gasteiger partial charge in [0.15, 0.2) is 5.65 Å². The van der Waals surface area contributed by atoms with Crippen molar-refractivity contribution in [2.45, 2.75) is 66.8 Å². The second kappa shape index (κ2) is 8.42. The summed E-state index contributed by atoms with van der Waals surface area (Å²) in [6.07, 6.45) is 2.98. The van der Waals surface area contributed by atoms with E-state index in [9.17, 15) is 4.79 Å². The average Bonchev–Trinajstić information content (AvgIpc) is 3.09. The molecule has 0 aromatic carbocycles. The highest BCUT2D eigenvalue weighted by atomic mass is 16.2. The SMILES string of the molecule is CC(C)c1cc(C(=O)N2CCN(CCC(C)(C)C)CC2)c2cnn(C(C)C)c2n1. The van der Waals surface area contributed by atoms with E-state index in [0.717, 1.165) is 55.0 Å². The number of carbonyl (C=O) groups is 1. The molecule has 1 fully saturated rings. The van der Waals surface area contributed by atoms with E-state index in [0.29, 0.717) is 5.41 Å². The molecular formula is C23H37N5O. The van der Waals surface area contributed by atoms with Crippen LogP contribution in [0.5, 0.6) is 0 Å². The Morgan fingerprint density at radius 3 is 2.31 bits per heavy atom. The number of amides is 1. The molecule has 2 aromatic rings. The van der Waals surface area contributed by atoms with Crippen molar-refractivity contribution in [2.24, 2.45) is 5.41 Å². The molecule has 1 amide bonds. The van der Waals surface area contributed by atoms with Gasteiger partial charge in [-0.25, -0.2) is 9.67 Å². The number of nitrogens with zero attached hydrogens (tertiary/aromatic N) is 5. The summed E-state index contributed by atoms with van der Waals surface area (Å²) in [5.41, 5.74) is 2.86. The lowest BCUT2D eigenvalue weighted by Gasteiger charge is -2.36. The lowest BCUT2D eigenvalue weighted by molar-refractivity contribution is 0.0625. The van der Waals surface area contributed by atoms with Crippen LogP contribution in [0.1, 0.15) is 82.9 Å². The summed E-state index contributed by atoms with van der Waals surface area (Å²) in [5.74, 6) is 0.369. The Labute approximate surface area is 175 Å². The zero-order valence-electron chi connectivity index (χ0n) is 19.2. The summed E-state index contributed by atoms with van der Waals surface area (Å²) < 4.78 is 1.92. The second-order valence-corrected chi connectivity index (χ2v) is 10.1. The molecule has 160 valence electrons. The molecule has 3 rings (SSSR count). The van der Waals surface area contributed by atoms with Crippen LogP contribution >= 0.6 is 0 Å². The van der Waals surface area contributed by atoms with E-state index in [1.807, 2.05) is 15.6 Å².